The van der Waals surface area contributed by atoms with Gasteiger partial charge in [0.2, 0.25) is 0 Å². The zero-order chi connectivity index (χ0) is 22.9. The van der Waals surface area contributed by atoms with Crippen LogP contribution in [0.5, 0.6) is 0 Å². The molecule has 0 spiro atoms. The number of hydrogen-bond acceptors (Lipinski definition) is 6. The Hall–Kier alpha value is -3.08. The molecule has 32 heavy (non-hydrogen) atoms. The second kappa shape index (κ2) is 8.81. The molecule has 0 fully saturated rings. The van der Waals surface area contributed by atoms with E-state index in [0.29, 0.717) is 17.0 Å². The number of likely N-dealkylation sites (N-methyl/N-ethyl adjacent to an activating group) is 1. The van der Waals surface area contributed by atoms with Crippen LogP contribution in [0.1, 0.15) is 5.69 Å². The molecule has 11 heteroatoms. The molecule has 0 saturated carbocycles. The number of halogens is 2. The van der Waals surface area contributed by atoms with Gasteiger partial charge in [0.25, 0.3) is 10.0 Å². The van der Waals surface area contributed by atoms with Crippen LogP contribution < -0.4 is 4.72 Å². The Balaban J connectivity index is 1.54. The summed E-state index contributed by atoms with van der Waals surface area (Å²) in [4.78, 5) is 10.5. The lowest BCUT2D eigenvalue weighted by molar-refractivity contribution is 0.412. The second-order valence-electron chi connectivity index (χ2n) is 7.44. The average molecular weight is 475 g/mol. The molecule has 0 amide bonds. The first-order valence-corrected chi connectivity index (χ1v) is 11.5. The van der Waals surface area contributed by atoms with Gasteiger partial charge in [0.05, 0.1) is 5.39 Å². The number of aromatic nitrogens is 4. The zero-order valence-corrected chi connectivity index (χ0v) is 18.9. The Morgan fingerprint density at radius 2 is 1.91 bits per heavy atom. The van der Waals surface area contributed by atoms with Crippen LogP contribution in [0.4, 0.5) is 10.1 Å². The molecule has 166 valence electrons. The minimum absolute atomic E-state index is 0.123. The van der Waals surface area contributed by atoms with Crippen LogP contribution in [0.2, 0.25) is 5.02 Å². The fourth-order valence-corrected chi connectivity index (χ4v) is 4.50. The Labute approximate surface area is 189 Å². The molecular weight excluding hydrogens is 455 g/mol. The molecule has 0 saturated heterocycles. The molecule has 0 unspecified atom stereocenters. The fraction of sp³-hybridized carbons (Fsp3) is 0.190. The Morgan fingerprint density at radius 3 is 2.62 bits per heavy atom. The number of rotatable bonds is 7. The molecule has 4 aromatic rings. The van der Waals surface area contributed by atoms with E-state index in [9.17, 15) is 12.8 Å². The van der Waals surface area contributed by atoms with Gasteiger partial charge in [-0.05, 0) is 56.6 Å². The SMILES string of the molecule is CN(C)CCc1[nH]nc2nc(-c3ccc(NS(=O)(=O)c4cc(Cl)ccc4F)cc3)ncc12. The van der Waals surface area contributed by atoms with Crippen molar-refractivity contribution in [1.29, 1.82) is 0 Å². The molecule has 2 heterocycles. The fourth-order valence-electron chi connectivity index (χ4n) is 3.10. The largest absolute Gasteiger partial charge is 0.309 e. The third kappa shape index (κ3) is 4.72. The standard InChI is InChI=1S/C21H20ClFN6O2S/c1-29(2)10-9-18-16-12-24-20(25-21(16)27-26-18)13-3-6-15(7-4-13)28-32(30,31)19-11-14(22)5-8-17(19)23/h3-8,11-12,28H,9-10H2,1-2H3,(H,24,25,26,27). The molecule has 2 N–H and O–H groups in total. The minimum atomic E-state index is -4.14. The monoisotopic (exact) mass is 474 g/mol. The van der Waals surface area contributed by atoms with Crippen molar-refractivity contribution in [2.45, 2.75) is 11.3 Å². The maximum atomic E-state index is 14.0. The summed E-state index contributed by atoms with van der Waals surface area (Å²) in [6, 6.07) is 9.81. The molecule has 4 rings (SSSR count). The zero-order valence-electron chi connectivity index (χ0n) is 17.3. The smallest absolute Gasteiger partial charge is 0.264 e. The lowest BCUT2D eigenvalue weighted by atomic mass is 10.2. The lowest BCUT2D eigenvalue weighted by Gasteiger charge is -2.10. The first-order valence-electron chi connectivity index (χ1n) is 9.66. The van der Waals surface area contributed by atoms with Crippen molar-refractivity contribution in [3.05, 3.63) is 65.2 Å². The number of hydrogen-bond donors (Lipinski definition) is 2. The summed E-state index contributed by atoms with van der Waals surface area (Å²) in [6.07, 6.45) is 2.53. The second-order valence-corrected chi connectivity index (χ2v) is 9.53. The molecule has 0 atom stereocenters. The average Bonchev–Trinajstić information content (AvgIpc) is 3.16. The van der Waals surface area contributed by atoms with E-state index in [-0.39, 0.29) is 10.7 Å². The topological polar surface area (TPSA) is 104 Å². The van der Waals surface area contributed by atoms with Crippen molar-refractivity contribution >= 4 is 38.3 Å². The van der Waals surface area contributed by atoms with Crippen LogP contribution in [0.25, 0.3) is 22.4 Å². The third-order valence-corrected chi connectivity index (χ3v) is 6.41. The predicted molar refractivity (Wildman–Crippen MR) is 122 cm³/mol. The Kier molecular flexibility index (Phi) is 6.09. The molecule has 8 nitrogen and oxygen atoms in total. The van der Waals surface area contributed by atoms with Gasteiger partial charge in [-0.25, -0.2) is 22.8 Å². The van der Waals surface area contributed by atoms with E-state index >= 15 is 0 Å². The number of H-pyrrole nitrogens is 1. The van der Waals surface area contributed by atoms with Gasteiger partial charge in [-0.1, -0.05) is 11.6 Å². The number of fused-ring (bicyclic) bond motifs is 1. The summed E-state index contributed by atoms with van der Waals surface area (Å²) >= 11 is 5.81. The van der Waals surface area contributed by atoms with Gasteiger partial charge in [-0.15, -0.1) is 0 Å². The number of benzene rings is 2. The van der Waals surface area contributed by atoms with Crippen LogP contribution in [-0.4, -0.2) is 54.1 Å². The quantitative estimate of drug-likeness (QED) is 0.423. The summed E-state index contributed by atoms with van der Waals surface area (Å²) in [5, 5.41) is 8.26. The predicted octanol–water partition coefficient (Wildman–Crippen LogP) is 3.72. The van der Waals surface area contributed by atoms with Crippen LogP contribution in [0, 0.1) is 5.82 Å². The molecule has 2 aromatic carbocycles. The van der Waals surface area contributed by atoms with Gasteiger partial charge in [-0.3, -0.25) is 9.82 Å². The highest BCUT2D eigenvalue weighted by Crippen LogP contribution is 2.25. The van der Waals surface area contributed by atoms with Crippen LogP contribution >= 0.6 is 11.6 Å². The van der Waals surface area contributed by atoms with Gasteiger partial charge >= 0.3 is 0 Å². The molecule has 0 aliphatic heterocycles. The first-order chi connectivity index (χ1) is 15.2. The normalized spacial score (nSPS) is 11.9. The van der Waals surface area contributed by atoms with Crippen LogP contribution in [0.3, 0.4) is 0 Å². The molecule has 0 aliphatic rings. The van der Waals surface area contributed by atoms with Crippen molar-refractivity contribution in [3.63, 3.8) is 0 Å². The number of aromatic amines is 1. The molecular formula is C21H20ClFN6O2S. The van der Waals surface area contributed by atoms with E-state index in [1.54, 1.807) is 30.5 Å². The van der Waals surface area contributed by atoms with Gasteiger partial charge in [0.1, 0.15) is 10.7 Å². The number of sulfonamides is 1. The van der Waals surface area contributed by atoms with E-state index in [2.05, 4.69) is 29.8 Å². The van der Waals surface area contributed by atoms with Crippen molar-refractivity contribution in [2.75, 3.05) is 25.4 Å². The van der Waals surface area contributed by atoms with E-state index in [1.165, 1.54) is 6.07 Å². The van der Waals surface area contributed by atoms with Crippen LogP contribution in [0.15, 0.2) is 53.6 Å². The third-order valence-electron chi connectivity index (χ3n) is 4.78. The molecule has 0 aliphatic carbocycles. The number of nitrogens with zero attached hydrogens (tertiary/aromatic N) is 4. The van der Waals surface area contributed by atoms with Crippen molar-refractivity contribution in [2.24, 2.45) is 0 Å². The van der Waals surface area contributed by atoms with Crippen molar-refractivity contribution in [3.8, 4) is 11.4 Å². The highest BCUT2D eigenvalue weighted by Gasteiger charge is 2.20. The summed E-state index contributed by atoms with van der Waals surface area (Å²) in [7, 11) is -0.135. The van der Waals surface area contributed by atoms with Crippen LogP contribution in [-0.2, 0) is 16.4 Å². The van der Waals surface area contributed by atoms with E-state index in [1.807, 2.05) is 14.1 Å². The Morgan fingerprint density at radius 1 is 1.16 bits per heavy atom. The summed E-state index contributed by atoms with van der Waals surface area (Å²) in [5.74, 6) is -0.428. The summed E-state index contributed by atoms with van der Waals surface area (Å²) in [5.41, 5.74) is 2.48. The van der Waals surface area contributed by atoms with Gasteiger partial charge < -0.3 is 4.90 Å². The van der Waals surface area contributed by atoms with Crippen molar-refractivity contribution in [1.82, 2.24) is 25.1 Å². The highest BCUT2D eigenvalue weighted by molar-refractivity contribution is 7.92. The van der Waals surface area contributed by atoms with Gasteiger partial charge in [-0.2, -0.15) is 5.10 Å². The van der Waals surface area contributed by atoms with E-state index < -0.39 is 20.7 Å². The number of nitrogens with one attached hydrogen (secondary N) is 2. The summed E-state index contributed by atoms with van der Waals surface area (Å²) < 4.78 is 41.4. The van der Waals surface area contributed by atoms with E-state index in [4.69, 9.17) is 11.6 Å². The summed E-state index contributed by atoms with van der Waals surface area (Å²) in [6.45, 7) is 0.871. The first kappa shape index (κ1) is 22.1. The maximum Gasteiger partial charge on any atom is 0.264 e. The molecule has 0 radical (unpaired) electrons. The highest BCUT2D eigenvalue weighted by atomic mass is 35.5. The van der Waals surface area contributed by atoms with Gasteiger partial charge in [0, 0.05) is 41.1 Å². The Bertz CT molecular complexity index is 1370. The van der Waals surface area contributed by atoms with Crippen molar-refractivity contribution < 1.29 is 12.8 Å². The maximum absolute atomic E-state index is 14.0. The minimum Gasteiger partial charge on any atom is -0.309 e. The molecule has 0 bridgehead atoms. The number of anilines is 1. The lowest BCUT2D eigenvalue weighted by Crippen LogP contribution is -2.15. The van der Waals surface area contributed by atoms with E-state index in [0.717, 1.165) is 36.2 Å². The van der Waals surface area contributed by atoms with Gasteiger partial charge in [0.15, 0.2) is 11.5 Å². The molecule has 2 aromatic heterocycles.